The fourth-order valence-corrected chi connectivity index (χ4v) is 7.77. The van der Waals surface area contributed by atoms with E-state index in [2.05, 4.69) is 4.90 Å². The zero-order valence-electron chi connectivity index (χ0n) is 24.8. The van der Waals surface area contributed by atoms with Gasteiger partial charge < -0.3 is 25.6 Å². The molecule has 1 aromatic carbocycles. The molecule has 3 aliphatic carbocycles. The van der Waals surface area contributed by atoms with Crippen LogP contribution in [-0.2, 0) is 36.9 Å². The minimum Gasteiger partial charge on any atom is -0.507 e. The molecule has 0 bridgehead atoms. The van der Waals surface area contributed by atoms with E-state index in [0.29, 0.717) is 17.7 Å². The van der Waals surface area contributed by atoms with E-state index in [1.54, 1.807) is 21.2 Å². The molecule has 1 aliphatic heterocycles. The van der Waals surface area contributed by atoms with Crippen LogP contribution in [0.3, 0.4) is 0 Å². The lowest BCUT2D eigenvalue weighted by Crippen LogP contribution is -2.74. The molecule has 3 fully saturated rings. The highest BCUT2D eigenvalue weighted by Crippen LogP contribution is 2.52. The molecule has 0 radical (unpaired) electrons. The number of carbonyl (C=O) groups is 5. The van der Waals surface area contributed by atoms with Gasteiger partial charge in [-0.1, -0.05) is 0 Å². The predicted molar refractivity (Wildman–Crippen MR) is 151 cm³/mol. The summed E-state index contributed by atoms with van der Waals surface area (Å²) in [5.41, 5.74) is 4.55. The number of hydrogen-bond donors (Lipinski definition) is 3. The number of piperidine rings is 1. The van der Waals surface area contributed by atoms with Gasteiger partial charge in [-0.2, -0.15) is 0 Å². The number of aromatic hydroxyl groups is 1. The summed E-state index contributed by atoms with van der Waals surface area (Å²) in [6, 6.07) is 0.747. The predicted octanol–water partition coefficient (Wildman–Crippen LogP) is -0.456. The molecule has 42 heavy (non-hydrogen) atoms. The number of primary amides is 1. The Morgan fingerprint density at radius 3 is 2.31 bits per heavy atom. The number of ether oxygens (including phenoxy) is 1. The molecular weight excluding hydrogens is 544 g/mol. The second-order valence-electron chi connectivity index (χ2n) is 12.7. The zero-order valence-corrected chi connectivity index (χ0v) is 24.8. The van der Waals surface area contributed by atoms with Crippen molar-refractivity contribution in [1.82, 2.24) is 9.80 Å². The Hall–Kier alpha value is -3.19. The van der Waals surface area contributed by atoms with Crippen molar-refractivity contribution < 1.29 is 38.9 Å². The van der Waals surface area contributed by atoms with Gasteiger partial charge in [0, 0.05) is 58.0 Å². The molecular formula is C30H40N4O8. The SMILES string of the molecule is COC1CCN(Cc2cc(N(C)C)c3c(c2O)C(=O)C2C(=O)[C@]4(O)C(=O)C(C(N)=O)C(=O)[C@@H](N(C)C)[C@@H]4C[C@@H]2C3)CC1. The summed E-state index contributed by atoms with van der Waals surface area (Å²) >= 11 is 0. The summed E-state index contributed by atoms with van der Waals surface area (Å²) in [4.78, 5) is 72.7. The molecule has 6 atom stereocenters. The van der Waals surface area contributed by atoms with Crippen molar-refractivity contribution in [3.8, 4) is 5.75 Å². The number of phenols is 1. The Kier molecular flexibility index (Phi) is 7.80. The second-order valence-corrected chi connectivity index (χ2v) is 12.7. The average Bonchev–Trinajstić information content (AvgIpc) is 2.92. The number of likely N-dealkylation sites (tertiary alicyclic amines) is 1. The van der Waals surface area contributed by atoms with Crippen molar-refractivity contribution in [2.75, 3.05) is 53.3 Å². The van der Waals surface area contributed by atoms with Gasteiger partial charge in [0.25, 0.3) is 0 Å². The number of ketones is 4. The van der Waals surface area contributed by atoms with Crippen molar-refractivity contribution in [1.29, 1.82) is 0 Å². The lowest BCUT2D eigenvalue weighted by atomic mass is 9.52. The minimum atomic E-state index is -2.74. The number of aliphatic hydroxyl groups is 1. The van der Waals surface area contributed by atoms with E-state index in [-0.39, 0.29) is 30.3 Å². The van der Waals surface area contributed by atoms with Crippen LogP contribution in [0.2, 0.25) is 0 Å². The Morgan fingerprint density at radius 2 is 1.76 bits per heavy atom. The number of rotatable bonds is 6. The maximum atomic E-state index is 14.2. The number of benzene rings is 1. The first kappa shape index (κ1) is 30.3. The smallest absolute Gasteiger partial charge is 0.235 e. The largest absolute Gasteiger partial charge is 0.507 e. The third-order valence-electron chi connectivity index (χ3n) is 9.86. The molecule has 12 heteroatoms. The first-order valence-corrected chi connectivity index (χ1v) is 14.4. The van der Waals surface area contributed by atoms with Gasteiger partial charge in [0.1, 0.15) is 5.75 Å². The number of amides is 1. The van der Waals surface area contributed by atoms with E-state index in [0.717, 1.165) is 31.6 Å². The van der Waals surface area contributed by atoms with Crippen molar-refractivity contribution in [2.24, 2.45) is 29.4 Å². The first-order chi connectivity index (χ1) is 19.7. The maximum Gasteiger partial charge on any atom is 0.235 e. The number of likely N-dealkylation sites (N-methyl/N-ethyl adjacent to an activating group) is 1. The third-order valence-corrected chi connectivity index (χ3v) is 9.86. The molecule has 0 aromatic heterocycles. The summed E-state index contributed by atoms with van der Waals surface area (Å²) in [5, 5.41) is 23.3. The van der Waals surface area contributed by atoms with Crippen LogP contribution in [0, 0.1) is 23.7 Å². The van der Waals surface area contributed by atoms with E-state index in [1.807, 2.05) is 25.1 Å². The molecule has 1 amide bonds. The highest BCUT2D eigenvalue weighted by atomic mass is 16.5. The van der Waals surface area contributed by atoms with Crippen LogP contribution in [0.25, 0.3) is 0 Å². The van der Waals surface area contributed by atoms with Crippen LogP contribution in [0.5, 0.6) is 5.75 Å². The first-order valence-electron chi connectivity index (χ1n) is 14.4. The maximum absolute atomic E-state index is 14.2. The topological polar surface area (TPSA) is 171 Å². The van der Waals surface area contributed by atoms with Crippen molar-refractivity contribution in [2.45, 2.75) is 50.0 Å². The van der Waals surface area contributed by atoms with E-state index >= 15 is 0 Å². The number of anilines is 1. The number of nitrogens with zero attached hydrogens (tertiary/aromatic N) is 3. The van der Waals surface area contributed by atoms with Crippen LogP contribution < -0.4 is 10.6 Å². The Labute approximate surface area is 244 Å². The highest BCUT2D eigenvalue weighted by molar-refractivity contribution is 6.32. The summed E-state index contributed by atoms with van der Waals surface area (Å²) in [6.45, 7) is 1.91. The van der Waals surface area contributed by atoms with Crippen LogP contribution in [0.1, 0.15) is 40.7 Å². The Morgan fingerprint density at radius 1 is 1.12 bits per heavy atom. The number of phenolic OH excluding ortho intramolecular Hbond substituents is 1. The average molecular weight is 585 g/mol. The van der Waals surface area contributed by atoms with Crippen molar-refractivity contribution in [3.05, 3.63) is 22.8 Å². The zero-order chi connectivity index (χ0) is 30.8. The molecule has 4 aliphatic rings. The molecule has 1 heterocycles. The Bertz CT molecular complexity index is 1350. The lowest BCUT2D eigenvalue weighted by molar-refractivity contribution is -0.181. The van der Waals surface area contributed by atoms with E-state index in [4.69, 9.17) is 10.5 Å². The Balaban J connectivity index is 1.57. The fourth-order valence-electron chi connectivity index (χ4n) is 7.77. The number of nitrogens with two attached hydrogens (primary N) is 1. The molecule has 1 saturated heterocycles. The monoisotopic (exact) mass is 584 g/mol. The van der Waals surface area contributed by atoms with E-state index < -0.39 is 64.4 Å². The summed E-state index contributed by atoms with van der Waals surface area (Å²) < 4.78 is 5.46. The fraction of sp³-hybridized carbons (Fsp3) is 0.633. The van der Waals surface area contributed by atoms with Crippen LogP contribution in [0.4, 0.5) is 5.69 Å². The summed E-state index contributed by atoms with van der Waals surface area (Å²) in [6.07, 6.45) is 2.12. The van der Waals surface area contributed by atoms with Crippen molar-refractivity contribution in [3.63, 3.8) is 0 Å². The van der Waals surface area contributed by atoms with Gasteiger partial charge in [0.15, 0.2) is 34.7 Å². The summed E-state index contributed by atoms with van der Waals surface area (Å²) in [5.74, 6) is -10.4. The molecule has 12 nitrogen and oxygen atoms in total. The molecule has 228 valence electrons. The number of fused-ring (bicyclic) bond motifs is 3. The number of carbonyl (C=O) groups excluding carboxylic acids is 5. The van der Waals surface area contributed by atoms with E-state index in [9.17, 15) is 34.2 Å². The minimum absolute atomic E-state index is 0.0215. The van der Waals surface area contributed by atoms with Crippen LogP contribution in [0.15, 0.2) is 6.07 Å². The third kappa shape index (κ3) is 4.47. The van der Waals surface area contributed by atoms with E-state index in [1.165, 1.54) is 4.90 Å². The lowest BCUT2D eigenvalue weighted by Gasteiger charge is -2.52. The normalized spacial score (nSPS) is 32.0. The number of Topliss-reactive ketones (excluding diaryl/α,β-unsaturated/α-hetero) is 4. The van der Waals surface area contributed by atoms with Gasteiger partial charge >= 0.3 is 0 Å². The summed E-state index contributed by atoms with van der Waals surface area (Å²) in [7, 11) is 8.50. The number of hydrogen-bond acceptors (Lipinski definition) is 11. The van der Waals surface area contributed by atoms with Gasteiger partial charge in [-0.25, -0.2) is 0 Å². The van der Waals surface area contributed by atoms with Gasteiger partial charge in [0.2, 0.25) is 5.91 Å². The van der Waals surface area contributed by atoms with Gasteiger partial charge in [-0.3, -0.25) is 33.8 Å². The number of methoxy groups -OCH3 is 1. The van der Waals surface area contributed by atoms with Gasteiger partial charge in [-0.05, 0) is 57.3 Å². The van der Waals surface area contributed by atoms with Crippen LogP contribution in [-0.4, -0.2) is 115 Å². The van der Waals surface area contributed by atoms with Gasteiger partial charge in [-0.15, -0.1) is 0 Å². The molecule has 0 spiro atoms. The standard InChI is InChI=1S/C30H40N4O8/c1-32(2)19-12-15(13-34-8-6-16(42-5)7-9-34)24(35)21-17(19)10-14-11-18-23(33(3)4)26(37)22(29(31)40)28(39)30(18,41)27(38)20(14)25(21)36/h12,14,16,18,20,22-23,35,41H,6-11,13H2,1-5H3,(H2,31,40)/t14-,18-,20?,22?,23-,30-/m0/s1. The van der Waals surface area contributed by atoms with Gasteiger partial charge in [0.05, 0.1) is 23.6 Å². The van der Waals surface area contributed by atoms with Crippen LogP contribution >= 0.6 is 0 Å². The highest BCUT2D eigenvalue weighted by Gasteiger charge is 2.69. The molecule has 4 N–H and O–H groups in total. The molecule has 1 aromatic rings. The molecule has 2 unspecified atom stereocenters. The second kappa shape index (κ2) is 10.8. The molecule has 2 saturated carbocycles. The quantitative estimate of drug-likeness (QED) is 0.370. The van der Waals surface area contributed by atoms with Crippen molar-refractivity contribution >= 4 is 34.7 Å². The molecule has 5 rings (SSSR count).